The summed E-state index contributed by atoms with van der Waals surface area (Å²) in [7, 11) is -2.14. The van der Waals surface area contributed by atoms with Crippen molar-refractivity contribution in [2.75, 3.05) is 13.6 Å². The molecule has 1 aromatic heterocycles. The van der Waals surface area contributed by atoms with Gasteiger partial charge in [0.15, 0.2) is 5.82 Å². The average Bonchev–Trinajstić information content (AvgIpc) is 3.40. The molecule has 0 radical (unpaired) electrons. The van der Waals surface area contributed by atoms with E-state index in [2.05, 4.69) is 15.4 Å². The molecule has 0 unspecified atom stereocenters. The lowest BCUT2D eigenvalue weighted by Gasteiger charge is -2.31. The zero-order chi connectivity index (χ0) is 18.5. The first-order valence-corrected chi connectivity index (χ1v) is 10.1. The van der Waals surface area contributed by atoms with Crippen molar-refractivity contribution in [3.8, 4) is 0 Å². The number of rotatable bonds is 4. The van der Waals surface area contributed by atoms with Crippen LogP contribution in [0.25, 0.3) is 0 Å². The van der Waals surface area contributed by atoms with Gasteiger partial charge in [0.05, 0.1) is 17.5 Å². The first kappa shape index (κ1) is 17.2. The number of aromatic nitrogens is 3. The summed E-state index contributed by atoms with van der Waals surface area (Å²) in [5.41, 5.74) is 0.423. The largest absolute Gasteiger partial charge is 0.355 e. The van der Waals surface area contributed by atoms with Crippen LogP contribution in [0.5, 0.6) is 0 Å². The van der Waals surface area contributed by atoms with Crippen LogP contribution in [0.2, 0.25) is 0 Å². The van der Waals surface area contributed by atoms with Crippen molar-refractivity contribution in [3.63, 3.8) is 0 Å². The average molecular weight is 375 g/mol. The molecule has 138 valence electrons. The van der Waals surface area contributed by atoms with Crippen molar-refractivity contribution in [1.29, 1.82) is 0 Å². The lowest BCUT2D eigenvalue weighted by atomic mass is 10.2. The van der Waals surface area contributed by atoms with Gasteiger partial charge >= 0.3 is 0 Å². The van der Waals surface area contributed by atoms with Crippen molar-refractivity contribution in [1.82, 2.24) is 24.4 Å². The van der Waals surface area contributed by atoms with Gasteiger partial charge in [-0.05, 0) is 44.0 Å². The van der Waals surface area contributed by atoms with Crippen LogP contribution in [0.15, 0.2) is 29.2 Å². The molecule has 1 N–H and O–H groups in total. The minimum atomic E-state index is -3.68. The van der Waals surface area contributed by atoms with E-state index in [1.165, 1.54) is 35.6 Å². The van der Waals surface area contributed by atoms with E-state index < -0.39 is 10.0 Å². The summed E-state index contributed by atoms with van der Waals surface area (Å²) >= 11 is 0. The van der Waals surface area contributed by atoms with Crippen LogP contribution < -0.4 is 5.32 Å². The number of nitrogens with one attached hydrogen (secondary N) is 1. The lowest BCUT2D eigenvalue weighted by Crippen LogP contribution is -2.41. The van der Waals surface area contributed by atoms with Gasteiger partial charge in [-0.3, -0.25) is 4.79 Å². The second-order valence-electron chi connectivity index (χ2n) is 6.72. The number of hydrogen-bond acceptors (Lipinski definition) is 5. The maximum absolute atomic E-state index is 13.1. The molecule has 1 amide bonds. The number of hydrogen-bond donors (Lipinski definition) is 1. The first-order valence-electron chi connectivity index (χ1n) is 8.70. The molecule has 4 rings (SSSR count). The molecule has 2 aromatic rings. The van der Waals surface area contributed by atoms with Gasteiger partial charge in [0.2, 0.25) is 10.0 Å². The maximum Gasteiger partial charge on any atom is 0.251 e. The topological polar surface area (TPSA) is 97.2 Å². The number of benzene rings is 1. The molecule has 1 saturated carbocycles. The highest BCUT2D eigenvalue weighted by molar-refractivity contribution is 7.89. The van der Waals surface area contributed by atoms with Gasteiger partial charge in [-0.25, -0.2) is 18.1 Å². The number of carbonyl (C=O) groups excluding carboxylic acids is 1. The van der Waals surface area contributed by atoms with Crippen LogP contribution in [0.3, 0.4) is 0 Å². The van der Waals surface area contributed by atoms with Crippen molar-refractivity contribution in [2.45, 2.75) is 43.2 Å². The summed E-state index contributed by atoms with van der Waals surface area (Å²) < 4.78 is 29.5. The van der Waals surface area contributed by atoms with Gasteiger partial charge in [-0.2, -0.15) is 9.40 Å². The summed E-state index contributed by atoms with van der Waals surface area (Å²) in [6.45, 7) is 2.68. The fourth-order valence-corrected chi connectivity index (χ4v) is 4.85. The van der Waals surface area contributed by atoms with Gasteiger partial charge in [0.1, 0.15) is 5.82 Å². The minimum Gasteiger partial charge on any atom is -0.355 e. The number of carbonyl (C=O) groups is 1. The Kier molecular flexibility index (Phi) is 4.07. The van der Waals surface area contributed by atoms with Crippen LogP contribution in [0, 0.1) is 0 Å². The standard InChI is InChI=1S/C17H21N5O3S/c1-11-16-19-15(12-3-4-12)20-21(16)9-10-22(11)26(24,25)14-7-5-13(6-8-14)17(23)18-2/h5-8,11-12H,3-4,9-10H2,1-2H3,(H,18,23)/t11-/m1/s1. The summed E-state index contributed by atoms with van der Waals surface area (Å²) in [6.07, 6.45) is 2.22. The van der Waals surface area contributed by atoms with Crippen molar-refractivity contribution in [2.24, 2.45) is 0 Å². The molecule has 8 nitrogen and oxygen atoms in total. The van der Waals surface area contributed by atoms with Gasteiger partial charge in [-0.15, -0.1) is 0 Å². The zero-order valence-electron chi connectivity index (χ0n) is 14.7. The number of fused-ring (bicyclic) bond motifs is 1. The second-order valence-corrected chi connectivity index (χ2v) is 8.61. The molecule has 0 bridgehead atoms. The molecule has 1 aliphatic carbocycles. The van der Waals surface area contributed by atoms with E-state index in [4.69, 9.17) is 0 Å². The Morgan fingerprint density at radius 2 is 1.88 bits per heavy atom. The second kappa shape index (κ2) is 6.17. The first-order chi connectivity index (χ1) is 12.4. The Labute approximate surface area is 152 Å². The van der Waals surface area contributed by atoms with Gasteiger partial charge < -0.3 is 5.32 Å². The van der Waals surface area contributed by atoms with Crippen LogP contribution in [0.1, 0.15) is 53.7 Å². The Balaban J connectivity index is 1.62. The summed E-state index contributed by atoms with van der Waals surface area (Å²) in [5, 5.41) is 7.05. The molecule has 2 aliphatic rings. The van der Waals surface area contributed by atoms with E-state index in [-0.39, 0.29) is 16.8 Å². The molecular formula is C17H21N5O3S. The highest BCUT2D eigenvalue weighted by Gasteiger charge is 2.38. The summed E-state index contributed by atoms with van der Waals surface area (Å²) in [6, 6.07) is 5.61. The molecule has 1 aromatic carbocycles. The Morgan fingerprint density at radius 3 is 2.50 bits per heavy atom. The van der Waals surface area contributed by atoms with Crippen LogP contribution in [-0.4, -0.2) is 47.0 Å². The van der Waals surface area contributed by atoms with Crippen molar-refractivity contribution < 1.29 is 13.2 Å². The fourth-order valence-electron chi connectivity index (χ4n) is 3.26. The van der Waals surface area contributed by atoms with Crippen molar-refractivity contribution in [3.05, 3.63) is 41.5 Å². The number of amides is 1. The van der Waals surface area contributed by atoms with Crippen LogP contribution in [-0.2, 0) is 16.6 Å². The van der Waals surface area contributed by atoms with E-state index >= 15 is 0 Å². The highest BCUT2D eigenvalue weighted by Crippen LogP contribution is 2.39. The van der Waals surface area contributed by atoms with Crippen LogP contribution in [0.4, 0.5) is 0 Å². The predicted molar refractivity (Wildman–Crippen MR) is 94.1 cm³/mol. The quantitative estimate of drug-likeness (QED) is 0.868. The Bertz CT molecular complexity index is 947. The van der Waals surface area contributed by atoms with Crippen LogP contribution >= 0.6 is 0 Å². The minimum absolute atomic E-state index is 0.174. The predicted octanol–water partition coefficient (Wildman–Crippen LogP) is 1.28. The fraction of sp³-hybridized carbons (Fsp3) is 0.471. The molecule has 0 spiro atoms. The monoisotopic (exact) mass is 375 g/mol. The third-order valence-electron chi connectivity index (χ3n) is 4.95. The summed E-state index contributed by atoms with van der Waals surface area (Å²) in [5.74, 6) is 1.72. The number of sulfonamides is 1. The molecule has 26 heavy (non-hydrogen) atoms. The van der Waals surface area contributed by atoms with E-state index in [1.54, 1.807) is 0 Å². The third kappa shape index (κ3) is 2.80. The molecule has 1 aliphatic heterocycles. The SMILES string of the molecule is CNC(=O)c1ccc(S(=O)(=O)N2CCn3nc(C4CC4)nc3[C@H]2C)cc1. The Morgan fingerprint density at radius 1 is 1.19 bits per heavy atom. The van der Waals surface area contributed by atoms with Gasteiger partial charge in [0.25, 0.3) is 5.91 Å². The van der Waals surface area contributed by atoms with E-state index in [0.29, 0.717) is 30.4 Å². The summed E-state index contributed by atoms with van der Waals surface area (Å²) in [4.78, 5) is 16.4. The van der Waals surface area contributed by atoms with Gasteiger partial charge in [-0.1, -0.05) is 0 Å². The van der Waals surface area contributed by atoms with Gasteiger partial charge in [0, 0.05) is 25.1 Å². The lowest BCUT2D eigenvalue weighted by molar-refractivity contribution is 0.0963. The maximum atomic E-state index is 13.1. The van der Waals surface area contributed by atoms with Crippen molar-refractivity contribution >= 4 is 15.9 Å². The van der Waals surface area contributed by atoms with E-state index in [0.717, 1.165) is 18.7 Å². The van der Waals surface area contributed by atoms with E-state index in [1.807, 2.05) is 11.6 Å². The molecule has 1 atom stereocenters. The Hall–Kier alpha value is -2.26. The molecule has 9 heteroatoms. The molecule has 0 saturated heterocycles. The third-order valence-corrected chi connectivity index (χ3v) is 6.93. The van der Waals surface area contributed by atoms with E-state index in [9.17, 15) is 13.2 Å². The molecule has 2 heterocycles. The normalized spacial score (nSPS) is 20.6. The smallest absolute Gasteiger partial charge is 0.251 e. The molecule has 1 fully saturated rings. The molecular weight excluding hydrogens is 354 g/mol. The number of nitrogens with zero attached hydrogens (tertiary/aromatic N) is 4. The zero-order valence-corrected chi connectivity index (χ0v) is 15.5. The highest BCUT2D eigenvalue weighted by atomic mass is 32.2.